The van der Waals surface area contributed by atoms with Crippen LogP contribution in [0.2, 0.25) is 19.6 Å². The smallest absolute Gasteiger partial charge is 0.148 e. The molecule has 0 spiro atoms. The van der Waals surface area contributed by atoms with Crippen molar-refractivity contribution in [3.05, 3.63) is 192 Å². The van der Waals surface area contributed by atoms with E-state index in [0.717, 1.165) is 50.3 Å². The van der Waals surface area contributed by atoms with Crippen LogP contribution in [0.1, 0.15) is 101 Å². The van der Waals surface area contributed by atoms with E-state index in [1.54, 1.807) is 6.07 Å². The number of aromatic hydroxyl groups is 1. The van der Waals surface area contributed by atoms with Crippen molar-refractivity contribution in [2.24, 2.45) is 0 Å². The number of aromatic nitrogens is 4. The molecule has 0 bridgehead atoms. The van der Waals surface area contributed by atoms with Crippen LogP contribution in [0.15, 0.2) is 164 Å². The van der Waals surface area contributed by atoms with Gasteiger partial charge >= 0.3 is 0 Å². The van der Waals surface area contributed by atoms with Gasteiger partial charge in [0.15, 0.2) is 0 Å². The van der Waals surface area contributed by atoms with E-state index in [-0.39, 0.29) is 50.5 Å². The molecule has 72 heavy (non-hydrogen) atoms. The third kappa shape index (κ3) is 9.25. The molecule has 1 N–H and O–H groups in total. The minimum atomic E-state index is -1.67. The van der Waals surface area contributed by atoms with Gasteiger partial charge in [-0.15, -0.1) is 29.8 Å². The quantitative estimate of drug-likeness (QED) is 0.0980. The van der Waals surface area contributed by atoms with E-state index in [9.17, 15) is 5.11 Å². The summed E-state index contributed by atoms with van der Waals surface area (Å²) < 4.78 is 4.75. The maximum absolute atomic E-state index is 11.6. The number of nitrogens with zero attached hydrogens (tertiary/aromatic N) is 4. The second kappa shape index (κ2) is 20.1. The van der Waals surface area contributed by atoms with E-state index in [2.05, 4.69) is 230 Å². The van der Waals surface area contributed by atoms with Gasteiger partial charge < -0.3 is 9.67 Å². The topological polar surface area (TPSA) is 55.9 Å². The van der Waals surface area contributed by atoms with Crippen LogP contribution in [-0.4, -0.2) is 32.3 Å². The van der Waals surface area contributed by atoms with Crippen LogP contribution in [0, 0.1) is 6.07 Å². The number of benzene rings is 8. The van der Waals surface area contributed by atoms with E-state index < -0.39 is 8.07 Å². The molecule has 0 aliphatic heterocycles. The molecule has 0 saturated heterocycles. The standard InChI is InChI=1S/C65H65N4OSi.Pt/c1-40(2)53-35-48(44-22-14-12-15-23-44)36-54(41(3)4)62(53)68-58-33-32-50(71(9,10)11)39-57(58)66-64(68)47-27-20-26-46(34-47)51-29-21-30-59-61(51)67-65(52-28-18-19-31-60(52)70)69(59)63-55(42(5)6)37-49(38-56(63)43(7)8)45-24-16-13-17-25-45;/h12-33,35-43,70H,1-11H3;/q-1;. The first-order valence-electron chi connectivity index (χ1n) is 25.4. The van der Waals surface area contributed by atoms with Crippen molar-refractivity contribution in [1.82, 2.24) is 19.1 Å². The van der Waals surface area contributed by atoms with Crippen molar-refractivity contribution >= 4 is 35.3 Å². The number of para-hydroxylation sites is 2. The van der Waals surface area contributed by atoms with Crippen LogP contribution in [0.4, 0.5) is 0 Å². The van der Waals surface area contributed by atoms with Crippen molar-refractivity contribution in [3.8, 4) is 73.3 Å². The largest absolute Gasteiger partial charge is 0.507 e. The SMILES string of the molecule is CC(C)c1cc(-c2ccccc2)cc(C(C)C)c1-n1c(-c2[c-]c(-c3cccc4c3nc(-c3ccccc3O)n4-c3c(C(C)C)cc(-c4ccccc4)cc3C(C)C)ccc2)nc2cc([Si](C)(C)C)ccc21.[Pt]. The number of hydrogen-bond acceptors (Lipinski definition) is 3. The Morgan fingerprint density at radius 1 is 0.444 bits per heavy atom. The van der Waals surface area contributed by atoms with Crippen LogP contribution in [-0.2, 0) is 21.1 Å². The predicted molar refractivity (Wildman–Crippen MR) is 303 cm³/mol. The molecular weight excluding hydrogens is 1080 g/mol. The Morgan fingerprint density at radius 2 is 0.917 bits per heavy atom. The summed E-state index contributed by atoms with van der Waals surface area (Å²) in [7, 11) is -1.67. The molecule has 0 radical (unpaired) electrons. The first-order valence-corrected chi connectivity index (χ1v) is 28.9. The normalized spacial score (nSPS) is 12.0. The maximum atomic E-state index is 11.6. The molecule has 0 saturated carbocycles. The van der Waals surface area contributed by atoms with Gasteiger partial charge in [0.2, 0.25) is 0 Å². The zero-order valence-electron chi connectivity index (χ0n) is 43.5. The van der Waals surface area contributed by atoms with E-state index in [1.165, 1.54) is 55.4 Å². The fourth-order valence-electron chi connectivity index (χ4n) is 10.3. The second-order valence-electron chi connectivity index (χ2n) is 21.5. The average molecular weight is 1140 g/mol. The van der Waals surface area contributed by atoms with Crippen molar-refractivity contribution < 1.29 is 26.2 Å². The molecule has 366 valence electrons. The molecule has 10 aromatic rings. The summed E-state index contributed by atoms with van der Waals surface area (Å²) in [6, 6.07) is 62.4. The molecule has 0 fully saturated rings. The zero-order valence-corrected chi connectivity index (χ0v) is 46.7. The number of fused-ring (bicyclic) bond motifs is 2. The van der Waals surface area contributed by atoms with Gasteiger partial charge in [0.25, 0.3) is 0 Å². The molecule has 5 nitrogen and oxygen atoms in total. The predicted octanol–water partition coefficient (Wildman–Crippen LogP) is 17.2. The monoisotopic (exact) mass is 1140 g/mol. The van der Waals surface area contributed by atoms with Gasteiger partial charge in [0.1, 0.15) is 11.6 Å². The Morgan fingerprint density at radius 3 is 1.43 bits per heavy atom. The van der Waals surface area contributed by atoms with Crippen molar-refractivity contribution in [1.29, 1.82) is 0 Å². The number of hydrogen-bond donors (Lipinski definition) is 1. The molecular formula is C65H65N4OPtSi-. The van der Waals surface area contributed by atoms with Crippen molar-refractivity contribution in [2.45, 2.75) is 98.7 Å². The summed E-state index contributed by atoms with van der Waals surface area (Å²) in [5.41, 5.74) is 19.5. The molecule has 8 aromatic carbocycles. The first-order chi connectivity index (χ1) is 34.1. The Balaban J connectivity index is 0.00000640. The van der Waals surface area contributed by atoms with Crippen molar-refractivity contribution in [3.63, 3.8) is 0 Å². The average Bonchev–Trinajstić information content (AvgIpc) is 3.94. The number of rotatable bonds is 12. The Labute approximate surface area is 442 Å². The van der Waals surface area contributed by atoms with Gasteiger partial charge in [-0.3, -0.25) is 9.55 Å². The van der Waals surface area contributed by atoms with Gasteiger partial charge in [-0.1, -0.05) is 182 Å². The third-order valence-corrected chi connectivity index (χ3v) is 16.2. The fraction of sp³-hybridized carbons (Fsp3) is 0.231. The molecule has 0 unspecified atom stereocenters. The van der Waals surface area contributed by atoms with Gasteiger partial charge in [-0.25, -0.2) is 4.98 Å². The van der Waals surface area contributed by atoms with Crippen LogP contribution < -0.4 is 5.19 Å². The Bertz CT molecular complexity index is 3540. The zero-order chi connectivity index (χ0) is 49.9. The summed E-state index contributed by atoms with van der Waals surface area (Å²) >= 11 is 0. The molecule has 7 heteroatoms. The van der Waals surface area contributed by atoms with E-state index >= 15 is 0 Å². The van der Waals surface area contributed by atoms with Gasteiger partial charge in [-0.2, -0.15) is 0 Å². The Hall–Kier alpha value is -6.59. The molecule has 2 heterocycles. The summed E-state index contributed by atoms with van der Waals surface area (Å²) in [5, 5.41) is 13.0. The molecule has 0 aliphatic rings. The summed E-state index contributed by atoms with van der Waals surface area (Å²) in [4.78, 5) is 11.2. The second-order valence-corrected chi connectivity index (χ2v) is 26.6. The van der Waals surface area contributed by atoms with Crippen molar-refractivity contribution in [2.75, 3.05) is 0 Å². The van der Waals surface area contributed by atoms with E-state index in [4.69, 9.17) is 9.97 Å². The summed E-state index contributed by atoms with van der Waals surface area (Å²) in [6.45, 7) is 25.5. The maximum Gasteiger partial charge on any atom is 0.148 e. The van der Waals surface area contributed by atoms with Gasteiger partial charge in [-0.05, 0) is 123 Å². The van der Waals surface area contributed by atoms with Gasteiger partial charge in [0, 0.05) is 26.8 Å². The third-order valence-electron chi connectivity index (χ3n) is 14.2. The summed E-state index contributed by atoms with van der Waals surface area (Å²) in [5.74, 6) is 2.60. The number of imidazole rings is 2. The minimum absolute atomic E-state index is 0. The molecule has 10 rings (SSSR count). The van der Waals surface area contributed by atoms with E-state index in [1.807, 2.05) is 18.2 Å². The molecule has 0 amide bonds. The number of phenolic OH excluding ortho intramolecular Hbond substituents is 1. The first kappa shape index (κ1) is 50.4. The molecule has 0 atom stereocenters. The van der Waals surface area contributed by atoms with Crippen LogP contribution >= 0.6 is 0 Å². The van der Waals surface area contributed by atoms with Crippen LogP contribution in [0.3, 0.4) is 0 Å². The minimum Gasteiger partial charge on any atom is -0.507 e. The fourth-order valence-corrected chi connectivity index (χ4v) is 11.5. The Kier molecular flexibility index (Phi) is 14.1. The summed E-state index contributed by atoms with van der Waals surface area (Å²) in [6.07, 6.45) is 0. The molecule has 0 aliphatic carbocycles. The van der Waals surface area contributed by atoms with E-state index in [0.29, 0.717) is 11.4 Å². The molecule has 2 aromatic heterocycles. The number of phenols is 1. The van der Waals surface area contributed by atoms with Crippen LogP contribution in [0.5, 0.6) is 5.75 Å². The van der Waals surface area contributed by atoms with Crippen LogP contribution in [0.25, 0.3) is 89.6 Å². The van der Waals surface area contributed by atoms with Gasteiger partial charge in [0.05, 0.1) is 47.2 Å².